The Morgan fingerprint density at radius 3 is 2.17 bits per heavy atom. The summed E-state index contributed by atoms with van der Waals surface area (Å²) in [5, 5.41) is 2.69. The Bertz CT molecular complexity index is 1050. The smallest absolute Gasteiger partial charge is 0.249 e. The summed E-state index contributed by atoms with van der Waals surface area (Å²) in [6.45, 7) is 1.83. The highest BCUT2D eigenvalue weighted by molar-refractivity contribution is 7.89. The van der Waals surface area contributed by atoms with Crippen LogP contribution in [0.4, 0.5) is 14.5 Å². The van der Waals surface area contributed by atoms with E-state index in [-0.39, 0.29) is 44.4 Å². The van der Waals surface area contributed by atoms with Crippen LogP contribution >= 0.6 is 0 Å². The van der Waals surface area contributed by atoms with E-state index in [0.717, 1.165) is 22.5 Å². The van der Waals surface area contributed by atoms with Crippen LogP contribution in [0, 0.1) is 11.6 Å². The zero-order valence-corrected chi connectivity index (χ0v) is 17.1. The van der Waals surface area contributed by atoms with Crippen LogP contribution in [0.2, 0.25) is 0 Å². The first-order chi connectivity index (χ1) is 14.2. The van der Waals surface area contributed by atoms with Crippen molar-refractivity contribution in [3.05, 3.63) is 59.7 Å². The molecule has 1 amide bonds. The number of benzene rings is 2. The number of sulfonamides is 1. The molecule has 1 saturated heterocycles. The van der Waals surface area contributed by atoms with Gasteiger partial charge in [0.1, 0.15) is 11.6 Å². The van der Waals surface area contributed by atoms with Gasteiger partial charge in [0.05, 0.1) is 12.2 Å². The van der Waals surface area contributed by atoms with E-state index in [9.17, 15) is 26.8 Å². The van der Waals surface area contributed by atoms with E-state index < -0.39 is 26.6 Å². The van der Waals surface area contributed by atoms with Crippen molar-refractivity contribution in [1.29, 1.82) is 0 Å². The average Bonchev–Trinajstić information content (AvgIpc) is 2.68. The van der Waals surface area contributed by atoms with Gasteiger partial charge in [0.2, 0.25) is 15.9 Å². The molecular formula is C20H21F2N3O4S. The minimum Gasteiger partial charge on any atom is -0.324 e. The quantitative estimate of drug-likeness (QED) is 0.700. The van der Waals surface area contributed by atoms with Gasteiger partial charge in [0.25, 0.3) is 0 Å². The predicted molar refractivity (Wildman–Crippen MR) is 107 cm³/mol. The number of piperazine rings is 1. The molecule has 2 aromatic carbocycles. The topological polar surface area (TPSA) is 86.8 Å². The standard InChI is InChI=1S/C20H21F2N3O4S/c1-14(26)15-5-2-3-8-18(15)23-19(27)13-24-9-11-25(12-10-24)30(28,29)20-16(21)6-4-7-17(20)22/h2-8H,9-13H2,1H3,(H,23,27). The summed E-state index contributed by atoms with van der Waals surface area (Å²) < 4.78 is 54.1. The van der Waals surface area contributed by atoms with Crippen molar-refractivity contribution in [1.82, 2.24) is 9.21 Å². The van der Waals surface area contributed by atoms with Crippen LogP contribution in [-0.4, -0.2) is 62.0 Å². The maximum atomic E-state index is 13.9. The first-order valence-electron chi connectivity index (χ1n) is 9.26. The number of nitrogens with one attached hydrogen (secondary N) is 1. The summed E-state index contributed by atoms with van der Waals surface area (Å²) in [5.41, 5.74) is 0.805. The Hall–Kier alpha value is -2.69. The lowest BCUT2D eigenvalue weighted by molar-refractivity contribution is -0.117. The number of anilines is 1. The van der Waals surface area contributed by atoms with E-state index in [2.05, 4.69) is 5.32 Å². The SMILES string of the molecule is CC(=O)c1ccccc1NC(=O)CN1CCN(S(=O)(=O)c2c(F)cccc2F)CC1. The zero-order chi connectivity index (χ0) is 21.9. The van der Waals surface area contributed by atoms with Crippen LogP contribution in [0.25, 0.3) is 0 Å². The lowest BCUT2D eigenvalue weighted by Crippen LogP contribution is -2.50. The van der Waals surface area contributed by atoms with Gasteiger partial charge in [-0.3, -0.25) is 14.5 Å². The third-order valence-corrected chi connectivity index (χ3v) is 6.75. The zero-order valence-electron chi connectivity index (χ0n) is 16.3. The lowest BCUT2D eigenvalue weighted by atomic mass is 10.1. The van der Waals surface area contributed by atoms with E-state index in [4.69, 9.17) is 0 Å². The highest BCUT2D eigenvalue weighted by atomic mass is 32.2. The van der Waals surface area contributed by atoms with Crippen molar-refractivity contribution in [2.24, 2.45) is 0 Å². The number of amides is 1. The van der Waals surface area contributed by atoms with E-state index >= 15 is 0 Å². The van der Waals surface area contributed by atoms with Crippen molar-refractivity contribution in [3.63, 3.8) is 0 Å². The molecule has 0 bridgehead atoms. The highest BCUT2D eigenvalue weighted by Gasteiger charge is 2.33. The van der Waals surface area contributed by atoms with Gasteiger partial charge in [-0.15, -0.1) is 0 Å². The maximum Gasteiger partial charge on any atom is 0.249 e. The maximum absolute atomic E-state index is 13.9. The van der Waals surface area contributed by atoms with Crippen LogP contribution in [0.5, 0.6) is 0 Å². The number of hydrogen-bond donors (Lipinski definition) is 1. The lowest BCUT2D eigenvalue weighted by Gasteiger charge is -2.33. The molecule has 10 heteroatoms. The van der Waals surface area contributed by atoms with Crippen LogP contribution in [0.3, 0.4) is 0 Å². The van der Waals surface area contributed by atoms with E-state index in [1.807, 2.05) is 0 Å². The molecule has 0 spiro atoms. The molecule has 1 aliphatic rings. The first kappa shape index (κ1) is 22.0. The number of Topliss-reactive ketones (excluding diaryl/α,β-unsaturated/α-hetero) is 1. The second kappa shape index (κ2) is 8.99. The van der Waals surface area contributed by atoms with Crippen LogP contribution in [-0.2, 0) is 14.8 Å². The molecular weight excluding hydrogens is 416 g/mol. The van der Waals surface area contributed by atoms with E-state index in [0.29, 0.717) is 11.3 Å². The molecule has 0 aromatic heterocycles. The van der Waals surface area contributed by atoms with Gasteiger partial charge in [-0.05, 0) is 31.2 Å². The molecule has 0 atom stereocenters. The molecule has 3 rings (SSSR count). The summed E-state index contributed by atoms with van der Waals surface area (Å²) >= 11 is 0. The molecule has 2 aromatic rings. The number of para-hydroxylation sites is 1. The molecule has 0 aliphatic carbocycles. The van der Waals surface area contributed by atoms with E-state index in [1.165, 1.54) is 6.92 Å². The van der Waals surface area contributed by atoms with Gasteiger partial charge < -0.3 is 5.32 Å². The molecule has 0 saturated carbocycles. The second-order valence-corrected chi connectivity index (χ2v) is 8.76. The van der Waals surface area contributed by atoms with Crippen molar-refractivity contribution in [2.45, 2.75) is 11.8 Å². The van der Waals surface area contributed by atoms with Crippen molar-refractivity contribution in [3.8, 4) is 0 Å². The van der Waals surface area contributed by atoms with Crippen LogP contribution < -0.4 is 5.32 Å². The highest BCUT2D eigenvalue weighted by Crippen LogP contribution is 2.23. The minimum absolute atomic E-state index is 0.00577. The molecule has 1 fully saturated rings. The van der Waals surface area contributed by atoms with Crippen molar-refractivity contribution >= 4 is 27.4 Å². The molecule has 0 radical (unpaired) electrons. The van der Waals surface area contributed by atoms with Gasteiger partial charge in [-0.1, -0.05) is 18.2 Å². The fraction of sp³-hybridized carbons (Fsp3) is 0.300. The third kappa shape index (κ3) is 4.72. The number of carbonyl (C=O) groups excluding carboxylic acids is 2. The molecule has 7 nitrogen and oxygen atoms in total. The number of ketones is 1. The van der Waals surface area contributed by atoms with Gasteiger partial charge in [0, 0.05) is 31.7 Å². The fourth-order valence-corrected chi connectivity index (χ4v) is 4.81. The van der Waals surface area contributed by atoms with E-state index in [1.54, 1.807) is 29.2 Å². The van der Waals surface area contributed by atoms with Crippen molar-refractivity contribution < 1.29 is 26.8 Å². The number of rotatable bonds is 6. The summed E-state index contributed by atoms with van der Waals surface area (Å²) in [5.74, 6) is -2.80. The molecule has 30 heavy (non-hydrogen) atoms. The first-order valence-corrected chi connectivity index (χ1v) is 10.7. The van der Waals surface area contributed by atoms with Gasteiger partial charge in [0.15, 0.2) is 10.7 Å². The summed E-state index contributed by atoms with van der Waals surface area (Å²) in [7, 11) is -4.32. The van der Waals surface area contributed by atoms with Crippen LogP contribution in [0.1, 0.15) is 17.3 Å². The number of nitrogens with zero attached hydrogens (tertiary/aromatic N) is 2. The molecule has 0 unspecified atom stereocenters. The summed E-state index contributed by atoms with van der Waals surface area (Å²) in [6, 6.07) is 9.54. The largest absolute Gasteiger partial charge is 0.324 e. The Labute approximate surface area is 173 Å². The molecule has 1 N–H and O–H groups in total. The number of hydrogen-bond acceptors (Lipinski definition) is 5. The second-order valence-electron chi connectivity index (χ2n) is 6.88. The Morgan fingerprint density at radius 2 is 1.57 bits per heavy atom. The molecule has 160 valence electrons. The number of halogens is 2. The van der Waals surface area contributed by atoms with Crippen molar-refractivity contribution in [2.75, 3.05) is 38.0 Å². The van der Waals surface area contributed by atoms with Gasteiger partial charge >= 0.3 is 0 Å². The Balaban J connectivity index is 1.61. The minimum atomic E-state index is -4.32. The number of carbonyl (C=O) groups is 2. The molecule has 1 aliphatic heterocycles. The summed E-state index contributed by atoms with van der Waals surface area (Å²) in [4.78, 5) is 24.8. The van der Waals surface area contributed by atoms with Gasteiger partial charge in [-0.25, -0.2) is 17.2 Å². The fourth-order valence-electron chi connectivity index (χ4n) is 3.28. The van der Waals surface area contributed by atoms with Crippen LogP contribution in [0.15, 0.2) is 47.4 Å². The monoisotopic (exact) mass is 437 g/mol. The predicted octanol–water partition coefficient (Wildman–Crippen LogP) is 2.11. The summed E-state index contributed by atoms with van der Waals surface area (Å²) in [6.07, 6.45) is 0. The third-order valence-electron chi connectivity index (χ3n) is 4.80. The van der Waals surface area contributed by atoms with Gasteiger partial charge in [-0.2, -0.15) is 4.31 Å². The Kier molecular flexibility index (Phi) is 6.59. The normalized spacial score (nSPS) is 15.7. The Morgan fingerprint density at radius 1 is 0.967 bits per heavy atom. The molecule has 1 heterocycles. The average molecular weight is 437 g/mol.